The molecular formula is C16H12ClF3N2O5. The molecule has 0 aliphatic heterocycles. The average molecular weight is 405 g/mol. The summed E-state index contributed by atoms with van der Waals surface area (Å²) in [5.74, 6) is -1.11. The highest BCUT2D eigenvalue weighted by Crippen LogP contribution is 2.31. The summed E-state index contributed by atoms with van der Waals surface area (Å²) >= 11 is 5.81. The number of halogens is 4. The summed E-state index contributed by atoms with van der Waals surface area (Å²) in [4.78, 5) is 22.7. The molecule has 0 fully saturated rings. The Bertz CT molecular complexity index is 874. The van der Waals surface area contributed by atoms with Crippen molar-refractivity contribution in [3.63, 3.8) is 0 Å². The number of methoxy groups -OCH3 is 1. The molecule has 0 saturated heterocycles. The van der Waals surface area contributed by atoms with Crippen molar-refractivity contribution in [2.75, 3.05) is 19.0 Å². The van der Waals surface area contributed by atoms with E-state index in [0.29, 0.717) is 0 Å². The van der Waals surface area contributed by atoms with Crippen LogP contribution in [0.15, 0.2) is 36.4 Å². The molecule has 27 heavy (non-hydrogen) atoms. The minimum Gasteiger partial charge on any atom is -0.490 e. The van der Waals surface area contributed by atoms with E-state index in [1.807, 2.05) is 0 Å². The number of nitro benzene ring substituents is 1. The molecule has 0 aliphatic rings. The summed E-state index contributed by atoms with van der Waals surface area (Å²) in [6, 6.07) is 7.13. The second kappa shape index (κ2) is 8.12. The number of nitro groups is 1. The van der Waals surface area contributed by atoms with E-state index < -0.39 is 29.3 Å². The number of hydrogen-bond acceptors (Lipinski definition) is 5. The maximum absolute atomic E-state index is 12.4. The first-order valence-corrected chi connectivity index (χ1v) is 7.61. The molecule has 1 N–H and O–H groups in total. The Balaban J connectivity index is 2.28. The van der Waals surface area contributed by atoms with Gasteiger partial charge in [-0.2, -0.15) is 13.2 Å². The number of ether oxygens (including phenoxy) is 2. The predicted molar refractivity (Wildman–Crippen MR) is 90.6 cm³/mol. The number of carbonyl (C=O) groups excluding carboxylic acids is 1. The highest BCUT2D eigenvalue weighted by molar-refractivity contribution is 6.31. The minimum absolute atomic E-state index is 0.0477. The SMILES string of the molecule is COc1ccc(C(=O)Nc2cc(Cl)ccc2OCC(F)(F)F)cc1[N+](=O)[O-]. The van der Waals surface area contributed by atoms with Crippen LogP contribution in [0.4, 0.5) is 24.5 Å². The zero-order chi connectivity index (χ0) is 20.2. The molecule has 0 saturated carbocycles. The molecule has 1 amide bonds. The van der Waals surface area contributed by atoms with Crippen molar-refractivity contribution in [2.24, 2.45) is 0 Å². The zero-order valence-corrected chi connectivity index (χ0v) is 14.4. The first-order chi connectivity index (χ1) is 12.6. The van der Waals surface area contributed by atoms with Crippen molar-refractivity contribution in [3.05, 3.63) is 57.1 Å². The number of alkyl halides is 3. The Hall–Kier alpha value is -3.01. The van der Waals surface area contributed by atoms with Crippen molar-refractivity contribution in [3.8, 4) is 11.5 Å². The van der Waals surface area contributed by atoms with Gasteiger partial charge in [0.15, 0.2) is 12.4 Å². The van der Waals surface area contributed by atoms with E-state index in [1.165, 1.54) is 37.4 Å². The van der Waals surface area contributed by atoms with Crippen LogP contribution in [0.2, 0.25) is 5.02 Å². The van der Waals surface area contributed by atoms with Gasteiger partial charge in [0.1, 0.15) is 5.75 Å². The number of benzene rings is 2. The van der Waals surface area contributed by atoms with Crippen LogP contribution >= 0.6 is 11.6 Å². The number of nitrogens with one attached hydrogen (secondary N) is 1. The van der Waals surface area contributed by atoms with Gasteiger partial charge in [0.2, 0.25) is 0 Å². The Morgan fingerprint density at radius 2 is 1.89 bits per heavy atom. The fraction of sp³-hybridized carbons (Fsp3) is 0.188. The van der Waals surface area contributed by atoms with Crippen molar-refractivity contribution in [1.29, 1.82) is 0 Å². The molecule has 2 rings (SSSR count). The van der Waals surface area contributed by atoms with Crippen LogP contribution in [0.25, 0.3) is 0 Å². The Kier molecular flexibility index (Phi) is 6.11. The van der Waals surface area contributed by atoms with Gasteiger partial charge in [0, 0.05) is 16.7 Å². The fourth-order valence-electron chi connectivity index (χ4n) is 2.05. The Morgan fingerprint density at radius 1 is 1.22 bits per heavy atom. The van der Waals surface area contributed by atoms with Crippen molar-refractivity contribution in [1.82, 2.24) is 0 Å². The number of amides is 1. The van der Waals surface area contributed by atoms with Crippen molar-refractivity contribution >= 4 is 28.9 Å². The van der Waals surface area contributed by atoms with Crippen molar-refractivity contribution < 1.29 is 32.4 Å². The Labute approximate surface area is 155 Å². The first kappa shape index (κ1) is 20.3. The summed E-state index contributed by atoms with van der Waals surface area (Å²) in [6.45, 7) is -1.56. The highest BCUT2D eigenvalue weighted by atomic mass is 35.5. The summed E-state index contributed by atoms with van der Waals surface area (Å²) in [7, 11) is 1.23. The number of nitrogens with zero attached hydrogens (tertiary/aromatic N) is 1. The maximum Gasteiger partial charge on any atom is 0.422 e. The molecule has 11 heteroatoms. The standard InChI is InChI=1S/C16H12ClF3N2O5/c1-26-14-4-2-9(6-12(14)22(24)25)15(23)21-11-7-10(17)3-5-13(11)27-8-16(18,19)20/h2-7H,8H2,1H3,(H,21,23). The quantitative estimate of drug-likeness (QED) is 0.567. The molecule has 0 atom stereocenters. The van der Waals surface area contributed by atoms with Crippen LogP contribution < -0.4 is 14.8 Å². The van der Waals surface area contributed by atoms with E-state index in [-0.39, 0.29) is 27.8 Å². The third-order valence-electron chi connectivity index (χ3n) is 3.22. The zero-order valence-electron chi connectivity index (χ0n) is 13.7. The van der Waals surface area contributed by atoms with Gasteiger partial charge in [0.05, 0.1) is 17.7 Å². The molecule has 0 aliphatic carbocycles. The van der Waals surface area contributed by atoms with Gasteiger partial charge in [-0.15, -0.1) is 0 Å². The lowest BCUT2D eigenvalue weighted by Crippen LogP contribution is -2.20. The van der Waals surface area contributed by atoms with Gasteiger partial charge in [0.25, 0.3) is 5.91 Å². The number of carbonyl (C=O) groups is 1. The van der Waals surface area contributed by atoms with Gasteiger partial charge in [-0.25, -0.2) is 0 Å². The topological polar surface area (TPSA) is 90.7 Å². The van der Waals surface area contributed by atoms with Gasteiger partial charge in [-0.3, -0.25) is 14.9 Å². The molecule has 0 heterocycles. The lowest BCUT2D eigenvalue weighted by atomic mass is 10.1. The lowest BCUT2D eigenvalue weighted by Gasteiger charge is -2.14. The third-order valence-corrected chi connectivity index (χ3v) is 3.45. The molecular weight excluding hydrogens is 393 g/mol. The summed E-state index contributed by atoms with van der Waals surface area (Å²) in [5, 5.41) is 13.5. The second-order valence-electron chi connectivity index (χ2n) is 5.14. The average Bonchev–Trinajstić information content (AvgIpc) is 2.59. The summed E-state index contributed by atoms with van der Waals surface area (Å²) < 4.78 is 46.6. The molecule has 7 nitrogen and oxygen atoms in total. The molecule has 2 aromatic carbocycles. The van der Waals surface area contributed by atoms with Crippen LogP contribution in [0, 0.1) is 10.1 Å². The minimum atomic E-state index is -4.57. The largest absolute Gasteiger partial charge is 0.490 e. The maximum atomic E-state index is 12.4. The molecule has 0 spiro atoms. The molecule has 0 radical (unpaired) electrons. The number of anilines is 1. The molecule has 2 aromatic rings. The highest BCUT2D eigenvalue weighted by Gasteiger charge is 2.29. The van der Waals surface area contributed by atoms with Crippen LogP contribution in [-0.4, -0.2) is 30.7 Å². The summed E-state index contributed by atoms with van der Waals surface area (Å²) in [6.07, 6.45) is -4.57. The molecule has 0 unspecified atom stereocenters. The van der Waals surface area contributed by atoms with Gasteiger partial charge in [-0.05, 0) is 30.3 Å². The van der Waals surface area contributed by atoms with Gasteiger partial charge in [-0.1, -0.05) is 11.6 Å². The number of hydrogen-bond donors (Lipinski definition) is 1. The van der Waals surface area contributed by atoms with E-state index in [4.69, 9.17) is 16.3 Å². The fourth-order valence-corrected chi connectivity index (χ4v) is 2.23. The van der Waals surface area contributed by atoms with E-state index in [0.717, 1.165) is 6.07 Å². The Morgan fingerprint density at radius 3 is 2.48 bits per heavy atom. The van der Waals surface area contributed by atoms with E-state index >= 15 is 0 Å². The number of rotatable bonds is 6. The van der Waals surface area contributed by atoms with E-state index in [9.17, 15) is 28.1 Å². The summed E-state index contributed by atoms with van der Waals surface area (Å²) in [5.41, 5.74) is -0.663. The monoisotopic (exact) mass is 404 g/mol. The van der Waals surface area contributed by atoms with Crippen LogP contribution in [0.3, 0.4) is 0 Å². The molecule has 0 bridgehead atoms. The normalized spacial score (nSPS) is 11.0. The van der Waals surface area contributed by atoms with Gasteiger partial charge < -0.3 is 14.8 Å². The van der Waals surface area contributed by atoms with Crippen molar-refractivity contribution in [2.45, 2.75) is 6.18 Å². The smallest absolute Gasteiger partial charge is 0.422 e. The van der Waals surface area contributed by atoms with Crippen LogP contribution in [0.5, 0.6) is 11.5 Å². The second-order valence-corrected chi connectivity index (χ2v) is 5.58. The first-order valence-electron chi connectivity index (χ1n) is 7.23. The van der Waals surface area contributed by atoms with Crippen LogP contribution in [-0.2, 0) is 0 Å². The van der Waals surface area contributed by atoms with Crippen LogP contribution in [0.1, 0.15) is 10.4 Å². The predicted octanol–water partition coefficient (Wildman–Crippen LogP) is 4.45. The lowest BCUT2D eigenvalue weighted by molar-refractivity contribution is -0.385. The third kappa shape index (κ3) is 5.48. The molecule has 144 valence electrons. The van der Waals surface area contributed by atoms with Gasteiger partial charge >= 0.3 is 11.9 Å². The van der Waals surface area contributed by atoms with E-state index in [1.54, 1.807) is 0 Å². The van der Waals surface area contributed by atoms with E-state index in [2.05, 4.69) is 10.1 Å². The molecule has 0 aromatic heterocycles.